The van der Waals surface area contributed by atoms with Crippen molar-refractivity contribution in [2.24, 2.45) is 5.92 Å². The molecule has 0 radical (unpaired) electrons. The first-order chi connectivity index (χ1) is 14.5. The molecular formula is C24H34BrN3O2. The molecule has 164 valence electrons. The minimum absolute atomic E-state index is 0.129. The van der Waals surface area contributed by atoms with Gasteiger partial charge in [-0.25, -0.2) is 4.79 Å². The zero-order valence-corrected chi connectivity index (χ0v) is 19.7. The SMILES string of the molecule is C/C=C\C=C/C(C)CCCN1CCC(NC(=O)N(C=O)Cc2ccc(Br)cc2)CC1. The lowest BCUT2D eigenvalue weighted by atomic mass is 10.0. The molecule has 1 unspecified atom stereocenters. The molecule has 1 saturated heterocycles. The van der Waals surface area contributed by atoms with Crippen LogP contribution in [-0.2, 0) is 11.3 Å². The van der Waals surface area contributed by atoms with Crippen LogP contribution in [0, 0.1) is 5.92 Å². The largest absolute Gasteiger partial charge is 0.335 e. The van der Waals surface area contributed by atoms with Gasteiger partial charge in [0.05, 0.1) is 6.54 Å². The summed E-state index contributed by atoms with van der Waals surface area (Å²) in [6.07, 6.45) is 13.3. The van der Waals surface area contributed by atoms with Gasteiger partial charge in [-0.3, -0.25) is 9.69 Å². The number of urea groups is 1. The average Bonchev–Trinajstić information content (AvgIpc) is 2.74. The number of amides is 3. The minimum atomic E-state index is -0.312. The Morgan fingerprint density at radius 3 is 2.60 bits per heavy atom. The summed E-state index contributed by atoms with van der Waals surface area (Å²) in [6.45, 7) is 7.65. The first-order valence-electron chi connectivity index (χ1n) is 10.8. The summed E-state index contributed by atoms with van der Waals surface area (Å²) in [4.78, 5) is 27.6. The van der Waals surface area contributed by atoms with Crippen molar-refractivity contribution in [3.05, 3.63) is 58.6 Å². The fraction of sp³-hybridized carbons (Fsp3) is 0.500. The van der Waals surface area contributed by atoms with Gasteiger partial charge in [0.15, 0.2) is 0 Å². The van der Waals surface area contributed by atoms with Crippen LogP contribution in [0.15, 0.2) is 53.0 Å². The van der Waals surface area contributed by atoms with Crippen LogP contribution in [0.1, 0.15) is 45.1 Å². The van der Waals surface area contributed by atoms with Crippen LogP contribution in [0.4, 0.5) is 4.79 Å². The summed E-state index contributed by atoms with van der Waals surface area (Å²) in [5.41, 5.74) is 0.921. The van der Waals surface area contributed by atoms with Crippen LogP contribution in [0.2, 0.25) is 0 Å². The molecule has 0 aliphatic carbocycles. The molecule has 1 aromatic carbocycles. The number of piperidine rings is 1. The second-order valence-corrected chi connectivity index (χ2v) is 8.87. The Hall–Kier alpha value is -1.92. The number of nitrogens with zero attached hydrogens (tertiary/aromatic N) is 2. The summed E-state index contributed by atoms with van der Waals surface area (Å²) < 4.78 is 0.972. The molecule has 3 amide bonds. The third-order valence-electron chi connectivity index (χ3n) is 5.45. The second-order valence-electron chi connectivity index (χ2n) is 7.96. The number of hydrogen-bond acceptors (Lipinski definition) is 3. The zero-order valence-electron chi connectivity index (χ0n) is 18.1. The molecule has 6 heteroatoms. The molecule has 30 heavy (non-hydrogen) atoms. The van der Waals surface area contributed by atoms with E-state index in [2.05, 4.69) is 51.3 Å². The van der Waals surface area contributed by atoms with Gasteiger partial charge >= 0.3 is 6.03 Å². The van der Waals surface area contributed by atoms with Crippen LogP contribution in [0.25, 0.3) is 0 Å². The molecule has 0 saturated carbocycles. The number of imide groups is 1. The number of allylic oxidation sites excluding steroid dienone is 4. The van der Waals surface area contributed by atoms with Crippen molar-refractivity contribution in [2.75, 3.05) is 19.6 Å². The Bertz CT molecular complexity index is 710. The van der Waals surface area contributed by atoms with Crippen molar-refractivity contribution in [3.8, 4) is 0 Å². The zero-order chi connectivity index (χ0) is 21.8. The fourth-order valence-corrected chi connectivity index (χ4v) is 3.86. The molecule has 1 N–H and O–H groups in total. The summed E-state index contributed by atoms with van der Waals surface area (Å²) >= 11 is 3.39. The van der Waals surface area contributed by atoms with Crippen molar-refractivity contribution in [1.82, 2.24) is 15.1 Å². The third-order valence-corrected chi connectivity index (χ3v) is 5.98. The number of carbonyl (C=O) groups excluding carboxylic acids is 2. The highest BCUT2D eigenvalue weighted by Crippen LogP contribution is 2.15. The Morgan fingerprint density at radius 1 is 1.27 bits per heavy atom. The Kier molecular flexibility index (Phi) is 10.9. The van der Waals surface area contributed by atoms with E-state index in [9.17, 15) is 9.59 Å². The predicted octanol–water partition coefficient (Wildman–Crippen LogP) is 5.13. The predicted molar refractivity (Wildman–Crippen MR) is 126 cm³/mol. The molecule has 5 nitrogen and oxygen atoms in total. The van der Waals surface area contributed by atoms with Crippen molar-refractivity contribution in [1.29, 1.82) is 0 Å². The van der Waals surface area contributed by atoms with E-state index in [4.69, 9.17) is 0 Å². The van der Waals surface area contributed by atoms with E-state index in [1.807, 2.05) is 37.3 Å². The van der Waals surface area contributed by atoms with Gasteiger partial charge in [-0.1, -0.05) is 59.3 Å². The van der Waals surface area contributed by atoms with Gasteiger partial charge in [0.1, 0.15) is 0 Å². The van der Waals surface area contributed by atoms with E-state index in [1.165, 1.54) is 17.7 Å². The van der Waals surface area contributed by atoms with Gasteiger partial charge in [-0.2, -0.15) is 0 Å². The molecule has 0 spiro atoms. The van der Waals surface area contributed by atoms with Crippen molar-refractivity contribution >= 4 is 28.4 Å². The summed E-state index contributed by atoms with van der Waals surface area (Å²) in [5, 5.41) is 3.03. The third kappa shape index (κ3) is 8.84. The smallest absolute Gasteiger partial charge is 0.324 e. The molecular weight excluding hydrogens is 442 g/mol. The van der Waals surface area contributed by atoms with Crippen molar-refractivity contribution in [2.45, 2.75) is 52.1 Å². The maximum Gasteiger partial charge on any atom is 0.324 e. The summed E-state index contributed by atoms with van der Waals surface area (Å²) in [6, 6.07) is 7.45. The monoisotopic (exact) mass is 475 g/mol. The van der Waals surface area contributed by atoms with Gasteiger partial charge in [0, 0.05) is 23.6 Å². The lowest BCUT2D eigenvalue weighted by Gasteiger charge is -2.33. The van der Waals surface area contributed by atoms with Gasteiger partial charge in [0.25, 0.3) is 0 Å². The molecule has 1 aromatic rings. The Balaban J connectivity index is 1.68. The highest BCUT2D eigenvalue weighted by Gasteiger charge is 2.22. The fourth-order valence-electron chi connectivity index (χ4n) is 3.60. The van der Waals surface area contributed by atoms with E-state index < -0.39 is 0 Å². The summed E-state index contributed by atoms with van der Waals surface area (Å²) in [7, 11) is 0. The number of benzene rings is 1. The summed E-state index contributed by atoms with van der Waals surface area (Å²) in [5.74, 6) is 0.595. The number of nitrogens with one attached hydrogen (secondary N) is 1. The van der Waals surface area contributed by atoms with Crippen LogP contribution in [0.3, 0.4) is 0 Å². The van der Waals surface area contributed by atoms with Crippen LogP contribution >= 0.6 is 15.9 Å². The molecule has 0 aromatic heterocycles. The van der Waals surface area contributed by atoms with E-state index in [0.29, 0.717) is 12.3 Å². The topological polar surface area (TPSA) is 52.7 Å². The highest BCUT2D eigenvalue weighted by molar-refractivity contribution is 9.10. The lowest BCUT2D eigenvalue weighted by Crippen LogP contribution is -2.48. The number of carbonyl (C=O) groups is 2. The molecule has 1 atom stereocenters. The average molecular weight is 476 g/mol. The molecule has 2 rings (SSSR count). The molecule has 1 fully saturated rings. The normalized spacial score (nSPS) is 16.8. The van der Waals surface area contributed by atoms with Gasteiger partial charge in [0.2, 0.25) is 6.41 Å². The Labute approximate surface area is 189 Å². The lowest BCUT2D eigenvalue weighted by molar-refractivity contribution is -0.116. The van der Waals surface area contributed by atoms with Crippen LogP contribution in [0.5, 0.6) is 0 Å². The highest BCUT2D eigenvalue weighted by atomic mass is 79.9. The van der Waals surface area contributed by atoms with E-state index in [-0.39, 0.29) is 18.6 Å². The maximum absolute atomic E-state index is 12.5. The van der Waals surface area contributed by atoms with Crippen molar-refractivity contribution in [3.63, 3.8) is 0 Å². The molecule has 1 aliphatic rings. The maximum atomic E-state index is 12.5. The van der Waals surface area contributed by atoms with E-state index >= 15 is 0 Å². The van der Waals surface area contributed by atoms with Gasteiger partial charge in [-0.15, -0.1) is 0 Å². The Morgan fingerprint density at radius 2 is 1.97 bits per heavy atom. The quantitative estimate of drug-likeness (QED) is 0.376. The second kappa shape index (κ2) is 13.4. The number of hydrogen-bond donors (Lipinski definition) is 1. The number of likely N-dealkylation sites (tertiary alicyclic amines) is 1. The van der Waals surface area contributed by atoms with Gasteiger partial charge < -0.3 is 10.2 Å². The first-order valence-corrected chi connectivity index (χ1v) is 11.6. The minimum Gasteiger partial charge on any atom is -0.335 e. The van der Waals surface area contributed by atoms with E-state index in [0.717, 1.165) is 42.5 Å². The number of halogens is 1. The van der Waals surface area contributed by atoms with Crippen LogP contribution in [-0.4, -0.2) is 47.9 Å². The molecule has 1 aliphatic heterocycles. The number of rotatable bonds is 10. The van der Waals surface area contributed by atoms with Crippen molar-refractivity contribution < 1.29 is 9.59 Å². The van der Waals surface area contributed by atoms with Gasteiger partial charge in [-0.05, 0) is 62.8 Å². The standard InChI is InChI=1S/C24H34BrN3O2/c1-3-4-5-7-20(2)8-6-15-27-16-13-23(14-17-27)26-24(30)28(19-29)18-21-9-11-22(25)12-10-21/h3-5,7,9-12,19-20,23H,6,8,13-18H2,1-2H3,(H,26,30)/b4-3-,7-5-. The first kappa shape index (κ1) is 24.4. The van der Waals surface area contributed by atoms with E-state index in [1.54, 1.807) is 0 Å². The molecule has 0 bridgehead atoms. The molecule has 1 heterocycles. The van der Waals surface area contributed by atoms with Crippen LogP contribution < -0.4 is 5.32 Å².